The monoisotopic (exact) mass is 361 g/mol. The van der Waals surface area contributed by atoms with Crippen LogP contribution in [0.3, 0.4) is 0 Å². The molecule has 5 nitrogen and oxygen atoms in total. The van der Waals surface area contributed by atoms with Crippen molar-refractivity contribution in [3.05, 3.63) is 78.1 Å². The Labute approximate surface area is 159 Å². The smallest absolute Gasteiger partial charge is 0.252 e. The molecule has 138 valence electrons. The Kier molecular flexibility index (Phi) is 5.30. The van der Waals surface area contributed by atoms with E-state index in [1.807, 2.05) is 41.2 Å². The third-order valence-electron chi connectivity index (χ3n) is 4.85. The van der Waals surface area contributed by atoms with Crippen molar-refractivity contribution >= 4 is 5.91 Å². The van der Waals surface area contributed by atoms with E-state index in [0.29, 0.717) is 12.1 Å². The summed E-state index contributed by atoms with van der Waals surface area (Å²) >= 11 is 0. The Hall–Kier alpha value is -2.92. The highest BCUT2D eigenvalue weighted by atomic mass is 16.5. The van der Waals surface area contributed by atoms with Gasteiger partial charge in [0.25, 0.3) is 5.91 Å². The average molecular weight is 361 g/mol. The van der Waals surface area contributed by atoms with Gasteiger partial charge in [-0.3, -0.25) is 9.48 Å². The maximum atomic E-state index is 12.7. The van der Waals surface area contributed by atoms with E-state index in [9.17, 15) is 4.79 Å². The SMILES string of the molecule is O=C(NCC1CCCO1)c1ccccc1-c1ccc(Cn2cccn2)cc1. The predicted molar refractivity (Wildman–Crippen MR) is 105 cm³/mol. The highest BCUT2D eigenvalue weighted by molar-refractivity contribution is 6.00. The number of aromatic nitrogens is 2. The molecule has 2 heterocycles. The molecule has 5 heteroatoms. The van der Waals surface area contributed by atoms with E-state index in [0.717, 1.165) is 37.1 Å². The molecule has 2 aromatic carbocycles. The van der Waals surface area contributed by atoms with Crippen LogP contribution in [0.2, 0.25) is 0 Å². The number of ether oxygens (including phenoxy) is 1. The van der Waals surface area contributed by atoms with Crippen molar-refractivity contribution in [1.82, 2.24) is 15.1 Å². The summed E-state index contributed by atoms with van der Waals surface area (Å²) in [4.78, 5) is 12.7. The van der Waals surface area contributed by atoms with Crippen molar-refractivity contribution in [2.75, 3.05) is 13.2 Å². The average Bonchev–Trinajstić information content (AvgIpc) is 3.41. The van der Waals surface area contributed by atoms with Crippen LogP contribution < -0.4 is 5.32 Å². The summed E-state index contributed by atoms with van der Waals surface area (Å²) in [6.07, 6.45) is 5.95. The Balaban J connectivity index is 1.49. The first kappa shape index (κ1) is 17.5. The lowest BCUT2D eigenvalue weighted by atomic mass is 9.98. The normalized spacial score (nSPS) is 16.4. The maximum absolute atomic E-state index is 12.7. The minimum Gasteiger partial charge on any atom is -0.376 e. The molecule has 27 heavy (non-hydrogen) atoms. The molecule has 0 saturated carbocycles. The standard InChI is InChI=1S/C22H23N3O2/c26-22(23-15-19-5-3-14-27-19)21-7-2-1-6-20(21)18-10-8-17(9-11-18)16-25-13-4-12-24-25/h1-2,4,6-13,19H,3,5,14-16H2,(H,23,26). The molecule has 0 radical (unpaired) electrons. The van der Waals surface area contributed by atoms with Gasteiger partial charge >= 0.3 is 0 Å². The van der Waals surface area contributed by atoms with E-state index in [4.69, 9.17) is 4.74 Å². The summed E-state index contributed by atoms with van der Waals surface area (Å²) in [5.41, 5.74) is 3.83. The summed E-state index contributed by atoms with van der Waals surface area (Å²) in [5, 5.41) is 7.25. The molecule has 1 unspecified atom stereocenters. The van der Waals surface area contributed by atoms with E-state index < -0.39 is 0 Å². The zero-order valence-corrected chi connectivity index (χ0v) is 15.2. The fraction of sp³-hybridized carbons (Fsp3) is 0.273. The second-order valence-corrected chi connectivity index (χ2v) is 6.79. The van der Waals surface area contributed by atoms with Gasteiger partial charge in [-0.1, -0.05) is 42.5 Å². The lowest BCUT2D eigenvalue weighted by molar-refractivity contribution is 0.0858. The number of nitrogens with zero attached hydrogens (tertiary/aromatic N) is 2. The largest absolute Gasteiger partial charge is 0.376 e. The van der Waals surface area contributed by atoms with Crippen molar-refractivity contribution in [3.8, 4) is 11.1 Å². The minimum absolute atomic E-state index is 0.0540. The number of amides is 1. The topological polar surface area (TPSA) is 56.1 Å². The number of carbonyl (C=O) groups is 1. The predicted octanol–water partition coefficient (Wildman–Crippen LogP) is 3.51. The first-order valence-corrected chi connectivity index (χ1v) is 9.35. The quantitative estimate of drug-likeness (QED) is 0.731. The molecule has 1 N–H and O–H groups in total. The van der Waals surface area contributed by atoms with Crippen LogP contribution in [0.15, 0.2) is 67.0 Å². The summed E-state index contributed by atoms with van der Waals surface area (Å²) in [7, 11) is 0. The molecular formula is C22H23N3O2. The Morgan fingerprint density at radius 3 is 2.74 bits per heavy atom. The number of hydrogen-bond donors (Lipinski definition) is 1. The third kappa shape index (κ3) is 4.26. The molecule has 1 fully saturated rings. The van der Waals surface area contributed by atoms with Crippen LogP contribution in [0, 0.1) is 0 Å². The molecule has 1 saturated heterocycles. The fourth-order valence-electron chi connectivity index (χ4n) is 3.41. The van der Waals surface area contributed by atoms with E-state index in [1.54, 1.807) is 6.20 Å². The molecule has 1 amide bonds. The number of nitrogens with one attached hydrogen (secondary N) is 1. The molecule has 4 rings (SSSR count). The van der Waals surface area contributed by atoms with Crippen LogP contribution in [-0.4, -0.2) is 34.9 Å². The van der Waals surface area contributed by atoms with Gasteiger partial charge in [-0.05, 0) is 41.7 Å². The highest BCUT2D eigenvalue weighted by Crippen LogP contribution is 2.24. The molecule has 0 spiro atoms. The number of carbonyl (C=O) groups excluding carboxylic acids is 1. The molecular weight excluding hydrogens is 338 g/mol. The number of rotatable bonds is 6. The van der Waals surface area contributed by atoms with Gasteiger partial charge in [-0.2, -0.15) is 5.10 Å². The van der Waals surface area contributed by atoms with Crippen molar-refractivity contribution in [2.24, 2.45) is 0 Å². The first-order valence-electron chi connectivity index (χ1n) is 9.35. The lowest BCUT2D eigenvalue weighted by Crippen LogP contribution is -2.32. The molecule has 1 aromatic heterocycles. The molecule has 1 aliphatic heterocycles. The van der Waals surface area contributed by atoms with Crippen molar-refractivity contribution < 1.29 is 9.53 Å². The lowest BCUT2D eigenvalue weighted by Gasteiger charge is -2.13. The van der Waals surface area contributed by atoms with Gasteiger partial charge in [-0.25, -0.2) is 0 Å². The van der Waals surface area contributed by atoms with Crippen molar-refractivity contribution in [3.63, 3.8) is 0 Å². The van der Waals surface area contributed by atoms with Gasteiger partial charge in [-0.15, -0.1) is 0 Å². The molecule has 0 bridgehead atoms. The van der Waals surface area contributed by atoms with Crippen LogP contribution in [0.25, 0.3) is 11.1 Å². The third-order valence-corrected chi connectivity index (χ3v) is 4.85. The second-order valence-electron chi connectivity index (χ2n) is 6.79. The van der Waals surface area contributed by atoms with Crippen LogP contribution in [0.4, 0.5) is 0 Å². The van der Waals surface area contributed by atoms with Gasteiger partial charge in [0.1, 0.15) is 0 Å². The summed E-state index contributed by atoms with van der Waals surface area (Å²) in [6.45, 7) is 2.09. The molecule has 0 aliphatic carbocycles. The summed E-state index contributed by atoms with van der Waals surface area (Å²) in [5.74, 6) is -0.0540. The zero-order chi connectivity index (χ0) is 18.5. The Bertz CT molecular complexity index is 882. The Morgan fingerprint density at radius 1 is 1.15 bits per heavy atom. The number of hydrogen-bond acceptors (Lipinski definition) is 3. The highest BCUT2D eigenvalue weighted by Gasteiger charge is 2.18. The van der Waals surface area contributed by atoms with E-state index in [2.05, 4.69) is 34.7 Å². The van der Waals surface area contributed by atoms with Gasteiger partial charge in [0.05, 0.1) is 12.6 Å². The van der Waals surface area contributed by atoms with Crippen molar-refractivity contribution in [2.45, 2.75) is 25.5 Å². The fourth-order valence-corrected chi connectivity index (χ4v) is 3.41. The maximum Gasteiger partial charge on any atom is 0.252 e. The second kappa shape index (κ2) is 8.18. The van der Waals surface area contributed by atoms with Gasteiger partial charge < -0.3 is 10.1 Å². The van der Waals surface area contributed by atoms with E-state index >= 15 is 0 Å². The van der Waals surface area contributed by atoms with Crippen molar-refractivity contribution in [1.29, 1.82) is 0 Å². The van der Waals surface area contributed by atoms with Crippen LogP contribution in [0.5, 0.6) is 0 Å². The minimum atomic E-state index is -0.0540. The summed E-state index contributed by atoms with van der Waals surface area (Å²) in [6, 6.07) is 17.9. The van der Waals surface area contributed by atoms with Gasteiger partial charge in [0, 0.05) is 31.1 Å². The van der Waals surface area contributed by atoms with Gasteiger partial charge in [0.15, 0.2) is 0 Å². The molecule has 1 atom stereocenters. The summed E-state index contributed by atoms with van der Waals surface area (Å²) < 4.78 is 7.48. The molecule has 3 aromatic rings. The van der Waals surface area contributed by atoms with Crippen LogP contribution >= 0.6 is 0 Å². The van der Waals surface area contributed by atoms with E-state index in [-0.39, 0.29) is 12.0 Å². The van der Waals surface area contributed by atoms with Gasteiger partial charge in [0.2, 0.25) is 0 Å². The van der Waals surface area contributed by atoms with E-state index in [1.165, 1.54) is 5.56 Å². The molecule has 1 aliphatic rings. The number of benzene rings is 2. The van der Waals surface area contributed by atoms with Crippen LogP contribution in [-0.2, 0) is 11.3 Å². The Morgan fingerprint density at radius 2 is 2.00 bits per heavy atom. The first-order chi connectivity index (χ1) is 13.3. The van der Waals surface area contributed by atoms with Crippen LogP contribution in [0.1, 0.15) is 28.8 Å². The zero-order valence-electron chi connectivity index (χ0n) is 15.2.